The molecule has 0 atom stereocenters. The Morgan fingerprint density at radius 2 is 1.78 bits per heavy atom. The van der Waals surface area contributed by atoms with Gasteiger partial charge in [-0.05, 0) is 26.0 Å². The Bertz CT molecular complexity index is 881. The minimum atomic E-state index is 0.170. The first-order valence-corrected chi connectivity index (χ1v) is 8.13. The van der Waals surface area contributed by atoms with Crippen molar-refractivity contribution < 1.29 is 0 Å². The summed E-state index contributed by atoms with van der Waals surface area (Å²) in [4.78, 5) is 13.0. The van der Waals surface area contributed by atoms with Crippen LogP contribution in [0.4, 0.5) is 5.69 Å². The lowest BCUT2D eigenvalue weighted by Gasteiger charge is -2.18. The molecule has 2 aromatic heterocycles. The Labute approximate surface area is 148 Å². The number of fused-ring (bicyclic) bond motifs is 1. The van der Waals surface area contributed by atoms with E-state index in [9.17, 15) is 0 Å². The molecule has 1 aromatic carbocycles. The summed E-state index contributed by atoms with van der Waals surface area (Å²) in [5.41, 5.74) is 3.31. The van der Waals surface area contributed by atoms with E-state index in [1.807, 2.05) is 19.9 Å². The number of rotatable bonds is 3. The first kappa shape index (κ1) is 16.2. The molecule has 0 fully saturated rings. The van der Waals surface area contributed by atoms with Gasteiger partial charge in [-0.15, -0.1) is 0 Å². The molecule has 3 rings (SSSR count). The molecule has 0 saturated carbocycles. The standard InChI is InChI=1S/C16H13Cl3N4/c1-8(2)22-13-12(10-4-3-9(17)7-11(10)18)15(19)23-16-14(13)20-5-6-21-16/h3-8H,1-2H3,(H,21,22,23). The fraction of sp³-hybridized carbons (Fsp3) is 0.188. The fourth-order valence-corrected chi connectivity index (χ4v) is 3.11. The van der Waals surface area contributed by atoms with Gasteiger partial charge in [0.1, 0.15) is 10.7 Å². The molecule has 0 radical (unpaired) electrons. The molecule has 4 nitrogen and oxygen atoms in total. The summed E-state index contributed by atoms with van der Waals surface area (Å²) in [6, 6.07) is 5.43. The minimum Gasteiger partial charge on any atom is -0.380 e. The van der Waals surface area contributed by atoms with Crippen molar-refractivity contribution in [2.24, 2.45) is 0 Å². The fourth-order valence-electron chi connectivity index (χ4n) is 2.33. The van der Waals surface area contributed by atoms with Gasteiger partial charge in [-0.1, -0.05) is 40.9 Å². The van der Waals surface area contributed by atoms with Crippen molar-refractivity contribution in [3.8, 4) is 11.1 Å². The number of pyridine rings is 1. The monoisotopic (exact) mass is 366 g/mol. The lowest BCUT2D eigenvalue weighted by molar-refractivity contribution is 0.900. The molecule has 0 spiro atoms. The van der Waals surface area contributed by atoms with E-state index in [2.05, 4.69) is 20.3 Å². The summed E-state index contributed by atoms with van der Waals surface area (Å²) in [6.45, 7) is 4.06. The zero-order chi connectivity index (χ0) is 16.6. The second-order valence-electron chi connectivity index (χ2n) is 5.30. The van der Waals surface area contributed by atoms with E-state index < -0.39 is 0 Å². The van der Waals surface area contributed by atoms with Gasteiger partial charge >= 0.3 is 0 Å². The zero-order valence-electron chi connectivity index (χ0n) is 12.4. The van der Waals surface area contributed by atoms with Gasteiger partial charge < -0.3 is 5.32 Å². The second-order valence-corrected chi connectivity index (χ2v) is 6.51. The highest BCUT2D eigenvalue weighted by Crippen LogP contribution is 2.41. The van der Waals surface area contributed by atoms with Crippen LogP contribution in [0.3, 0.4) is 0 Å². The second kappa shape index (κ2) is 6.48. The van der Waals surface area contributed by atoms with Crippen LogP contribution in [0.25, 0.3) is 22.3 Å². The van der Waals surface area contributed by atoms with Gasteiger partial charge in [0.2, 0.25) is 0 Å². The van der Waals surface area contributed by atoms with E-state index in [0.29, 0.717) is 31.9 Å². The van der Waals surface area contributed by atoms with Gasteiger partial charge in [0.05, 0.1) is 10.7 Å². The van der Waals surface area contributed by atoms with Gasteiger partial charge in [-0.25, -0.2) is 15.0 Å². The smallest absolute Gasteiger partial charge is 0.181 e. The molecule has 0 amide bonds. The van der Waals surface area contributed by atoms with Crippen LogP contribution in [-0.4, -0.2) is 21.0 Å². The summed E-state index contributed by atoms with van der Waals surface area (Å²) in [5, 5.41) is 4.74. The van der Waals surface area contributed by atoms with Crippen LogP contribution in [-0.2, 0) is 0 Å². The maximum atomic E-state index is 6.43. The molecule has 3 aromatic rings. The van der Waals surface area contributed by atoms with Gasteiger partial charge in [0.25, 0.3) is 0 Å². The minimum absolute atomic E-state index is 0.170. The number of aromatic nitrogens is 3. The van der Waals surface area contributed by atoms with Gasteiger partial charge in [-0.3, -0.25) is 0 Å². The third-order valence-electron chi connectivity index (χ3n) is 3.21. The molecule has 7 heteroatoms. The van der Waals surface area contributed by atoms with Crippen LogP contribution in [0.5, 0.6) is 0 Å². The highest BCUT2D eigenvalue weighted by Gasteiger charge is 2.20. The van der Waals surface area contributed by atoms with Crippen LogP contribution < -0.4 is 5.32 Å². The first-order valence-electron chi connectivity index (χ1n) is 6.99. The van der Waals surface area contributed by atoms with Crippen molar-refractivity contribution in [2.45, 2.75) is 19.9 Å². The largest absolute Gasteiger partial charge is 0.380 e. The van der Waals surface area contributed by atoms with Crippen molar-refractivity contribution in [3.05, 3.63) is 45.8 Å². The summed E-state index contributed by atoms with van der Waals surface area (Å²) >= 11 is 18.8. The Balaban J connectivity index is 2.36. The molecule has 0 saturated heterocycles. The van der Waals surface area contributed by atoms with E-state index in [1.165, 1.54) is 0 Å². The molecule has 23 heavy (non-hydrogen) atoms. The van der Waals surface area contributed by atoms with Crippen LogP contribution in [0.15, 0.2) is 30.6 Å². The average molecular weight is 368 g/mol. The topological polar surface area (TPSA) is 50.7 Å². The lowest BCUT2D eigenvalue weighted by Crippen LogP contribution is -2.12. The van der Waals surface area contributed by atoms with E-state index in [1.54, 1.807) is 24.5 Å². The van der Waals surface area contributed by atoms with Crippen LogP contribution in [0.2, 0.25) is 15.2 Å². The molecule has 0 bridgehead atoms. The summed E-state index contributed by atoms with van der Waals surface area (Å²) < 4.78 is 0. The van der Waals surface area contributed by atoms with Crippen molar-refractivity contribution in [2.75, 3.05) is 5.32 Å². The van der Waals surface area contributed by atoms with Crippen LogP contribution in [0, 0.1) is 0 Å². The number of nitrogens with zero attached hydrogens (tertiary/aromatic N) is 3. The number of hydrogen-bond donors (Lipinski definition) is 1. The van der Waals surface area contributed by atoms with Crippen molar-refractivity contribution in [3.63, 3.8) is 0 Å². The molecule has 0 aliphatic rings. The predicted molar refractivity (Wildman–Crippen MR) is 96.6 cm³/mol. The van der Waals surface area contributed by atoms with Crippen molar-refractivity contribution in [1.29, 1.82) is 0 Å². The number of hydrogen-bond acceptors (Lipinski definition) is 4. The molecule has 0 aliphatic heterocycles. The summed E-state index contributed by atoms with van der Waals surface area (Å²) in [5.74, 6) is 0. The molecule has 0 unspecified atom stereocenters. The predicted octanol–water partition coefficient (Wildman–Crippen LogP) is 5.47. The number of benzene rings is 1. The molecule has 1 N–H and O–H groups in total. The normalized spacial score (nSPS) is 11.2. The van der Waals surface area contributed by atoms with E-state index in [-0.39, 0.29) is 6.04 Å². The molecule has 0 aliphatic carbocycles. The van der Waals surface area contributed by atoms with E-state index >= 15 is 0 Å². The Hall–Kier alpha value is -1.62. The molecular formula is C16H13Cl3N4. The number of halogens is 3. The highest BCUT2D eigenvalue weighted by molar-refractivity contribution is 6.38. The molecule has 2 heterocycles. The quantitative estimate of drug-likeness (QED) is 0.623. The van der Waals surface area contributed by atoms with Gasteiger partial charge in [0, 0.05) is 34.6 Å². The summed E-state index contributed by atoms with van der Waals surface area (Å²) in [6.07, 6.45) is 3.20. The Kier molecular flexibility index (Phi) is 4.57. The van der Waals surface area contributed by atoms with Crippen LogP contribution >= 0.6 is 34.8 Å². The first-order chi connectivity index (χ1) is 11.0. The highest BCUT2D eigenvalue weighted by atomic mass is 35.5. The third-order valence-corrected chi connectivity index (χ3v) is 4.03. The lowest BCUT2D eigenvalue weighted by atomic mass is 10.0. The zero-order valence-corrected chi connectivity index (χ0v) is 14.7. The average Bonchev–Trinajstić information content (AvgIpc) is 2.48. The van der Waals surface area contributed by atoms with Crippen molar-refractivity contribution >= 4 is 51.7 Å². The van der Waals surface area contributed by atoms with Crippen molar-refractivity contribution in [1.82, 2.24) is 15.0 Å². The maximum Gasteiger partial charge on any atom is 0.181 e. The maximum absolute atomic E-state index is 6.43. The van der Waals surface area contributed by atoms with Crippen LogP contribution in [0.1, 0.15) is 13.8 Å². The molecule has 118 valence electrons. The van der Waals surface area contributed by atoms with E-state index in [0.717, 1.165) is 11.3 Å². The molecular weight excluding hydrogens is 355 g/mol. The Morgan fingerprint density at radius 3 is 2.48 bits per heavy atom. The van der Waals surface area contributed by atoms with Gasteiger partial charge in [-0.2, -0.15) is 0 Å². The van der Waals surface area contributed by atoms with Gasteiger partial charge in [0.15, 0.2) is 5.65 Å². The summed E-state index contributed by atoms with van der Waals surface area (Å²) in [7, 11) is 0. The SMILES string of the molecule is CC(C)Nc1c(-c2ccc(Cl)cc2Cl)c(Cl)nc2nccnc12. The Morgan fingerprint density at radius 1 is 1.04 bits per heavy atom. The third kappa shape index (κ3) is 3.20. The number of nitrogens with one attached hydrogen (secondary N) is 1. The van der Waals surface area contributed by atoms with E-state index in [4.69, 9.17) is 34.8 Å². The number of anilines is 1.